The minimum atomic E-state index is 0. The fourth-order valence-corrected chi connectivity index (χ4v) is 2.46. The summed E-state index contributed by atoms with van der Waals surface area (Å²) in [6.07, 6.45) is 14.3. The molecule has 0 saturated carbocycles. The molecule has 1 aromatic rings. The van der Waals surface area contributed by atoms with Crippen LogP contribution in [-0.4, -0.2) is 35.6 Å². The number of benzene rings is 1. The van der Waals surface area contributed by atoms with E-state index in [1.165, 1.54) is 0 Å². The number of aliphatic hydroxyl groups excluding tert-OH is 1. The minimum Gasteiger partial charge on any atom is -0.510 e. The predicted octanol–water partition coefficient (Wildman–Crippen LogP) is 3.75. The van der Waals surface area contributed by atoms with Gasteiger partial charge in [-0.05, 0) is 38.9 Å². The number of hydrogen-bond donors (Lipinski definition) is 1. The van der Waals surface area contributed by atoms with Crippen LogP contribution in [0.4, 0.5) is 11.4 Å². The Hall–Kier alpha value is -1.49. The van der Waals surface area contributed by atoms with Gasteiger partial charge in [0.2, 0.25) is 0 Å². The van der Waals surface area contributed by atoms with Gasteiger partial charge in [-0.1, -0.05) is 0 Å². The molecule has 27 heavy (non-hydrogen) atoms. The first-order valence-electron chi connectivity index (χ1n) is 8.95. The average Bonchev–Trinajstić information content (AvgIpc) is 3.28. The number of aliphatic hydroxyl groups is 1. The van der Waals surface area contributed by atoms with Crippen LogP contribution >= 0.6 is 0 Å². The van der Waals surface area contributed by atoms with Gasteiger partial charge in [-0.2, -0.15) is 38.7 Å². The molecule has 0 aromatic heterocycles. The van der Waals surface area contributed by atoms with Crippen LogP contribution in [0, 0.1) is 32.7 Å². The summed E-state index contributed by atoms with van der Waals surface area (Å²) in [5, 5.41) is 8.32. The van der Waals surface area contributed by atoms with Crippen LogP contribution in [0.25, 0.3) is 0 Å². The van der Waals surface area contributed by atoms with Crippen LogP contribution in [0.5, 0.6) is 0 Å². The molecule has 3 rings (SSSR count). The number of unbranched alkanes of at least 4 members (excludes halogenated alkanes) is 4. The smallest absolute Gasteiger partial charge is 0.0161 e. The van der Waals surface area contributed by atoms with Gasteiger partial charge in [0, 0.05) is 26.7 Å². The summed E-state index contributed by atoms with van der Waals surface area (Å²) in [5.41, 5.74) is 2.06. The molecule has 2 aliphatic rings. The topological polar surface area (TPSA) is 33.2 Å². The van der Waals surface area contributed by atoms with Gasteiger partial charge in [0.1, 0.15) is 0 Å². The van der Waals surface area contributed by atoms with E-state index in [0.717, 1.165) is 37.1 Å². The number of hydrogen-bond acceptors (Lipinski definition) is 5. The molecule has 0 saturated heterocycles. The molecule has 0 aliphatic carbocycles. The van der Waals surface area contributed by atoms with E-state index in [-0.39, 0.29) is 26.7 Å². The zero-order valence-corrected chi connectivity index (χ0v) is 18.5. The largest absolute Gasteiger partial charge is 0.510 e. The van der Waals surface area contributed by atoms with Gasteiger partial charge in [0.15, 0.2) is 0 Å². The summed E-state index contributed by atoms with van der Waals surface area (Å²) in [7, 11) is 4.01. The van der Waals surface area contributed by atoms with Crippen LogP contribution in [0.2, 0.25) is 0 Å². The Bertz CT molecular complexity index is 546. The van der Waals surface area contributed by atoms with E-state index < -0.39 is 0 Å². The van der Waals surface area contributed by atoms with Crippen LogP contribution in [0.15, 0.2) is 43.0 Å². The molecule has 5 nitrogen and oxygen atoms in total. The van der Waals surface area contributed by atoms with Crippen molar-refractivity contribution < 1.29 is 25.2 Å². The summed E-state index contributed by atoms with van der Waals surface area (Å²) in [5.74, 6) is 0. The van der Waals surface area contributed by atoms with Gasteiger partial charge in [-0.3, -0.25) is 0 Å². The van der Waals surface area contributed by atoms with Crippen molar-refractivity contribution in [2.24, 2.45) is 0 Å². The van der Waals surface area contributed by atoms with Gasteiger partial charge in [-0.15, -0.1) is 36.0 Å². The molecule has 1 aromatic carbocycles. The van der Waals surface area contributed by atoms with Crippen molar-refractivity contribution in [3.8, 4) is 0 Å². The van der Waals surface area contributed by atoms with Gasteiger partial charge in [0.05, 0.1) is 0 Å². The maximum atomic E-state index is 8.32. The Balaban J connectivity index is 0.000000350. The number of nitrogens with zero attached hydrogens (tertiary/aromatic N) is 4. The van der Waals surface area contributed by atoms with Crippen LogP contribution < -0.4 is 9.80 Å². The van der Waals surface area contributed by atoms with Crippen LogP contribution in [-0.2, 0) is 20.1 Å². The second-order valence-corrected chi connectivity index (χ2v) is 6.19. The van der Waals surface area contributed by atoms with E-state index in [9.17, 15) is 0 Å². The standard InChI is InChI=1S/C14H15N4.C7H14O.Ir/c1-15-6-8-17(11-15)13-4-3-5-14(10-13)18-9-7-16(2)12-18;1-2-3-4-5-6-7-8;/h3-9,11-12H,1-2H3;5,8H,1-4,6-7H2;/q-3;-2;. The van der Waals surface area contributed by atoms with E-state index in [4.69, 9.17) is 5.11 Å². The first-order valence-corrected chi connectivity index (χ1v) is 8.95. The second kappa shape index (κ2) is 12.8. The molecule has 0 amide bonds. The summed E-state index contributed by atoms with van der Waals surface area (Å²) >= 11 is 0. The Morgan fingerprint density at radius 1 is 1.00 bits per heavy atom. The van der Waals surface area contributed by atoms with Crippen LogP contribution in [0.3, 0.4) is 0 Å². The van der Waals surface area contributed by atoms with Gasteiger partial charge < -0.3 is 38.1 Å². The van der Waals surface area contributed by atoms with Crippen molar-refractivity contribution in [2.75, 3.05) is 30.5 Å². The predicted molar refractivity (Wildman–Crippen MR) is 108 cm³/mol. The molecule has 6 heteroatoms. The van der Waals surface area contributed by atoms with Crippen LogP contribution in [0.1, 0.15) is 25.7 Å². The van der Waals surface area contributed by atoms with E-state index in [0.29, 0.717) is 0 Å². The van der Waals surface area contributed by atoms with Gasteiger partial charge in [-0.25, -0.2) is 0 Å². The normalized spacial score (nSPS) is 15.1. The minimum absolute atomic E-state index is 0. The molecule has 153 valence electrons. The zero-order chi connectivity index (χ0) is 18.8. The molecule has 2 heterocycles. The molecular formula is C21H29IrN4O-5. The molecule has 0 bridgehead atoms. The third-order valence-electron chi connectivity index (χ3n) is 3.85. The van der Waals surface area contributed by atoms with E-state index >= 15 is 0 Å². The Morgan fingerprint density at radius 2 is 1.56 bits per heavy atom. The summed E-state index contributed by atoms with van der Waals surface area (Å²) < 4.78 is 0. The van der Waals surface area contributed by atoms with E-state index in [2.05, 4.69) is 19.4 Å². The summed E-state index contributed by atoms with van der Waals surface area (Å²) in [4.78, 5) is 8.12. The van der Waals surface area contributed by atoms with Crippen molar-refractivity contribution in [3.05, 3.63) is 75.7 Å². The van der Waals surface area contributed by atoms with Crippen molar-refractivity contribution >= 4 is 11.4 Å². The molecule has 0 atom stereocenters. The monoisotopic (exact) mass is 546 g/mol. The maximum absolute atomic E-state index is 8.32. The molecule has 2 aliphatic heterocycles. The first-order chi connectivity index (χ1) is 12.6. The Morgan fingerprint density at radius 3 is 1.96 bits per heavy atom. The SMILES string of the molecule is CN1C=CN(c2[c-]c(N3C=CN(C)[CH-]3)ccc2)[CH-]1.[CH2-]CCC[CH-]CCO.[Ir]. The van der Waals surface area contributed by atoms with Gasteiger partial charge in [0.25, 0.3) is 0 Å². The van der Waals surface area contributed by atoms with Crippen molar-refractivity contribution in [3.63, 3.8) is 0 Å². The molecular weight excluding hydrogens is 516 g/mol. The van der Waals surface area contributed by atoms with Gasteiger partial charge >= 0.3 is 0 Å². The summed E-state index contributed by atoms with van der Waals surface area (Å²) in [6.45, 7) is 8.03. The first kappa shape index (κ1) is 23.5. The maximum Gasteiger partial charge on any atom is 0.0161 e. The quantitative estimate of drug-likeness (QED) is 0.417. The number of rotatable bonds is 7. The average molecular weight is 546 g/mol. The van der Waals surface area contributed by atoms with E-state index in [1.54, 1.807) is 0 Å². The summed E-state index contributed by atoms with van der Waals surface area (Å²) in [6, 6.07) is 9.54. The second-order valence-electron chi connectivity index (χ2n) is 6.19. The molecule has 0 fully saturated rings. The Kier molecular flexibility index (Phi) is 11.2. The Labute approximate surface area is 178 Å². The zero-order valence-electron chi connectivity index (χ0n) is 16.1. The van der Waals surface area contributed by atoms with Crippen molar-refractivity contribution in [1.29, 1.82) is 0 Å². The molecule has 1 radical (unpaired) electrons. The number of anilines is 2. The third kappa shape index (κ3) is 7.96. The van der Waals surface area contributed by atoms with E-state index in [1.807, 2.05) is 90.0 Å². The fourth-order valence-electron chi connectivity index (χ4n) is 2.46. The van der Waals surface area contributed by atoms with Crippen molar-refractivity contribution in [1.82, 2.24) is 9.80 Å². The van der Waals surface area contributed by atoms with Crippen molar-refractivity contribution in [2.45, 2.75) is 25.7 Å². The molecule has 1 N–H and O–H groups in total. The third-order valence-corrected chi connectivity index (χ3v) is 3.85. The molecule has 0 unspecified atom stereocenters. The fraction of sp³-hybridized carbons (Fsp3) is 0.333. The molecule has 0 spiro atoms.